The minimum atomic E-state index is -1.10. The van der Waals surface area contributed by atoms with Crippen LogP contribution in [0, 0.1) is 0 Å². The molecule has 0 aliphatic rings. The summed E-state index contributed by atoms with van der Waals surface area (Å²) in [5.74, 6) is -1.10. The third-order valence-electron chi connectivity index (χ3n) is 2.48. The topological polar surface area (TPSA) is 107 Å². The number of rotatable bonds is 7. The Bertz CT molecular complexity index is 430. The van der Waals surface area contributed by atoms with E-state index in [-0.39, 0.29) is 12.5 Å². The van der Waals surface area contributed by atoms with Crippen molar-refractivity contribution in [3.63, 3.8) is 0 Å². The molecule has 19 heavy (non-hydrogen) atoms. The molecule has 2 atom stereocenters. The molecule has 0 spiro atoms. The van der Waals surface area contributed by atoms with Gasteiger partial charge < -0.3 is 20.7 Å². The van der Waals surface area contributed by atoms with Crippen LogP contribution in [0.25, 0.3) is 0 Å². The third-order valence-corrected chi connectivity index (χ3v) is 2.48. The van der Waals surface area contributed by atoms with E-state index in [1.165, 1.54) is 12.5 Å². The number of imidazole rings is 1. The molecular formula is C12H18N4O3. The fourth-order valence-electron chi connectivity index (χ4n) is 1.55. The van der Waals surface area contributed by atoms with E-state index in [9.17, 15) is 9.59 Å². The summed E-state index contributed by atoms with van der Waals surface area (Å²) in [5.41, 5.74) is 0.645. The average Bonchev–Trinajstić information content (AvgIpc) is 2.80. The number of hydrogen-bond donors (Lipinski definition) is 4. The second-order valence-corrected chi connectivity index (χ2v) is 4.22. The summed E-state index contributed by atoms with van der Waals surface area (Å²) in [7, 11) is 0. The van der Waals surface area contributed by atoms with Crippen LogP contribution in [0.5, 0.6) is 0 Å². The van der Waals surface area contributed by atoms with E-state index in [1.807, 2.05) is 6.92 Å². The number of carboxylic acid groups (broad SMARTS) is 1. The minimum absolute atomic E-state index is 0.0981. The van der Waals surface area contributed by atoms with Gasteiger partial charge in [-0.1, -0.05) is 6.08 Å². The molecule has 0 bridgehead atoms. The smallest absolute Gasteiger partial charge is 0.326 e. The molecule has 0 saturated heterocycles. The molecule has 0 aliphatic heterocycles. The number of nitrogens with one attached hydrogen (secondary N) is 3. The highest BCUT2D eigenvalue weighted by Crippen LogP contribution is 1.99. The lowest BCUT2D eigenvalue weighted by Gasteiger charge is -2.17. The summed E-state index contributed by atoms with van der Waals surface area (Å²) in [6.45, 7) is 5.38. The number of carboxylic acids is 1. The number of aromatic nitrogens is 2. The van der Waals surface area contributed by atoms with Gasteiger partial charge in [0.05, 0.1) is 6.33 Å². The molecule has 2 amide bonds. The highest BCUT2D eigenvalue weighted by atomic mass is 16.4. The Labute approximate surface area is 111 Å². The van der Waals surface area contributed by atoms with Crippen LogP contribution in [-0.2, 0) is 11.2 Å². The van der Waals surface area contributed by atoms with Crippen molar-refractivity contribution < 1.29 is 14.7 Å². The van der Waals surface area contributed by atoms with Crippen molar-refractivity contribution in [2.45, 2.75) is 31.8 Å². The molecule has 104 valence electrons. The maximum absolute atomic E-state index is 11.6. The van der Waals surface area contributed by atoms with Crippen molar-refractivity contribution >= 4 is 12.0 Å². The summed E-state index contributed by atoms with van der Waals surface area (Å²) in [6.07, 6.45) is 5.44. The molecule has 0 aromatic carbocycles. The number of carbonyl (C=O) groups is 2. The molecular weight excluding hydrogens is 248 g/mol. The van der Waals surface area contributed by atoms with Crippen LogP contribution in [0.15, 0.2) is 25.2 Å². The van der Waals surface area contributed by atoms with Crippen LogP contribution in [-0.4, -0.2) is 39.2 Å². The van der Waals surface area contributed by atoms with Gasteiger partial charge in [0.1, 0.15) is 6.04 Å². The minimum Gasteiger partial charge on any atom is -0.480 e. The first-order valence-corrected chi connectivity index (χ1v) is 5.91. The van der Waals surface area contributed by atoms with Crippen molar-refractivity contribution in [2.75, 3.05) is 0 Å². The predicted molar refractivity (Wildman–Crippen MR) is 69.7 cm³/mol. The molecule has 2 unspecified atom stereocenters. The molecule has 0 saturated carbocycles. The Morgan fingerprint density at radius 3 is 2.84 bits per heavy atom. The highest BCUT2D eigenvalue weighted by Gasteiger charge is 2.21. The van der Waals surface area contributed by atoms with Gasteiger partial charge in [0.25, 0.3) is 0 Å². The largest absolute Gasteiger partial charge is 0.480 e. The number of aliphatic carboxylic acids is 1. The predicted octanol–water partition coefficient (Wildman–Crippen LogP) is 0.669. The van der Waals surface area contributed by atoms with Gasteiger partial charge in [-0.05, 0) is 13.3 Å². The second-order valence-electron chi connectivity index (χ2n) is 4.22. The lowest BCUT2D eigenvalue weighted by molar-refractivity contribution is -0.139. The Balaban J connectivity index is 2.51. The van der Waals surface area contributed by atoms with Crippen LogP contribution in [0.2, 0.25) is 0 Å². The molecule has 0 aliphatic carbocycles. The van der Waals surface area contributed by atoms with E-state index in [1.54, 1.807) is 6.08 Å². The standard InChI is InChI=1S/C12H18N4O3/c1-3-4-8(2)15-12(19)16-10(11(17)18)5-9-6-13-7-14-9/h3,6-8,10H,1,4-5H2,2H3,(H,13,14)(H,17,18)(H2,15,16,19). The van der Waals surface area contributed by atoms with Gasteiger partial charge in [-0.3, -0.25) is 0 Å². The summed E-state index contributed by atoms with van der Waals surface area (Å²) in [6, 6.07) is -1.61. The van der Waals surface area contributed by atoms with Gasteiger partial charge in [-0.25, -0.2) is 14.6 Å². The Hall–Kier alpha value is -2.31. The fraction of sp³-hybridized carbons (Fsp3) is 0.417. The Morgan fingerprint density at radius 1 is 1.58 bits per heavy atom. The van der Waals surface area contributed by atoms with Crippen molar-refractivity contribution in [1.82, 2.24) is 20.6 Å². The Kier molecular flexibility index (Phi) is 5.59. The van der Waals surface area contributed by atoms with E-state index in [4.69, 9.17) is 5.11 Å². The molecule has 1 aromatic rings. The molecule has 7 heteroatoms. The number of carbonyl (C=O) groups excluding carboxylic acids is 1. The maximum atomic E-state index is 11.6. The summed E-state index contributed by atoms with van der Waals surface area (Å²) in [5, 5.41) is 14.1. The first kappa shape index (κ1) is 14.7. The Morgan fingerprint density at radius 2 is 2.32 bits per heavy atom. The number of hydrogen-bond acceptors (Lipinski definition) is 3. The third kappa shape index (κ3) is 5.24. The molecule has 0 radical (unpaired) electrons. The first-order valence-electron chi connectivity index (χ1n) is 5.91. The first-order chi connectivity index (χ1) is 9.02. The zero-order chi connectivity index (χ0) is 14.3. The second kappa shape index (κ2) is 7.20. The molecule has 1 heterocycles. The van der Waals surface area contributed by atoms with Gasteiger partial charge in [0, 0.05) is 24.4 Å². The van der Waals surface area contributed by atoms with Crippen molar-refractivity contribution in [3.05, 3.63) is 30.9 Å². The average molecular weight is 266 g/mol. The summed E-state index contributed by atoms with van der Waals surface area (Å²) in [4.78, 5) is 29.3. The lowest BCUT2D eigenvalue weighted by atomic mass is 10.1. The van der Waals surface area contributed by atoms with Gasteiger partial charge in [0.2, 0.25) is 0 Å². The summed E-state index contributed by atoms with van der Waals surface area (Å²) >= 11 is 0. The number of H-pyrrole nitrogens is 1. The van der Waals surface area contributed by atoms with Gasteiger partial charge >= 0.3 is 12.0 Å². The number of aromatic amines is 1. The highest BCUT2D eigenvalue weighted by molar-refractivity contribution is 5.82. The van der Waals surface area contributed by atoms with Crippen molar-refractivity contribution in [1.29, 1.82) is 0 Å². The van der Waals surface area contributed by atoms with Crippen LogP contribution >= 0.6 is 0 Å². The lowest BCUT2D eigenvalue weighted by Crippen LogP contribution is -2.49. The monoisotopic (exact) mass is 266 g/mol. The van der Waals surface area contributed by atoms with E-state index in [0.29, 0.717) is 12.1 Å². The van der Waals surface area contributed by atoms with E-state index in [0.717, 1.165) is 0 Å². The van der Waals surface area contributed by atoms with E-state index in [2.05, 4.69) is 27.2 Å². The zero-order valence-electron chi connectivity index (χ0n) is 10.7. The van der Waals surface area contributed by atoms with Gasteiger partial charge in [-0.2, -0.15) is 0 Å². The zero-order valence-corrected chi connectivity index (χ0v) is 10.7. The van der Waals surface area contributed by atoms with E-state index >= 15 is 0 Å². The number of urea groups is 1. The van der Waals surface area contributed by atoms with Crippen LogP contribution in [0.1, 0.15) is 19.0 Å². The molecule has 7 nitrogen and oxygen atoms in total. The van der Waals surface area contributed by atoms with Crippen LogP contribution in [0.4, 0.5) is 4.79 Å². The molecule has 0 fully saturated rings. The SMILES string of the molecule is C=CCC(C)NC(=O)NC(Cc1cnc[nH]1)C(=O)O. The van der Waals surface area contributed by atoms with Crippen molar-refractivity contribution in [2.24, 2.45) is 0 Å². The molecule has 1 aromatic heterocycles. The van der Waals surface area contributed by atoms with Gasteiger partial charge in [0.15, 0.2) is 0 Å². The quantitative estimate of drug-likeness (QED) is 0.544. The maximum Gasteiger partial charge on any atom is 0.326 e. The fourth-order valence-corrected chi connectivity index (χ4v) is 1.55. The number of amides is 2. The van der Waals surface area contributed by atoms with Gasteiger partial charge in [-0.15, -0.1) is 6.58 Å². The van der Waals surface area contributed by atoms with Crippen molar-refractivity contribution in [3.8, 4) is 0 Å². The van der Waals surface area contributed by atoms with E-state index < -0.39 is 18.0 Å². The normalized spacial score (nSPS) is 13.3. The summed E-state index contributed by atoms with van der Waals surface area (Å²) < 4.78 is 0. The van der Waals surface area contributed by atoms with Crippen LogP contribution in [0.3, 0.4) is 0 Å². The number of nitrogens with zero attached hydrogens (tertiary/aromatic N) is 1. The molecule has 4 N–H and O–H groups in total. The molecule has 1 rings (SSSR count). The van der Waals surface area contributed by atoms with Crippen LogP contribution < -0.4 is 10.6 Å².